The molecular formula is C17H17F3O5. The summed E-state index contributed by atoms with van der Waals surface area (Å²) < 4.78 is 48.2. The number of benzene rings is 1. The Balaban J connectivity index is 2.40. The summed E-state index contributed by atoms with van der Waals surface area (Å²) in [5.41, 5.74) is 0.198. The lowest BCUT2D eigenvalue weighted by Gasteiger charge is -2.27. The fourth-order valence-corrected chi connectivity index (χ4v) is 2.35. The van der Waals surface area contributed by atoms with Crippen molar-refractivity contribution in [2.45, 2.75) is 39.5 Å². The van der Waals surface area contributed by atoms with Crippen LogP contribution in [0.5, 0.6) is 5.75 Å². The topological polar surface area (TPSA) is 72.8 Å². The summed E-state index contributed by atoms with van der Waals surface area (Å²) in [6.07, 6.45) is -8.07. The third kappa shape index (κ3) is 4.74. The van der Waals surface area contributed by atoms with Crippen molar-refractivity contribution in [3.05, 3.63) is 35.1 Å². The number of halogens is 3. The highest BCUT2D eigenvalue weighted by Crippen LogP contribution is 2.38. The summed E-state index contributed by atoms with van der Waals surface area (Å²) in [5.74, 6) is -1.18. The van der Waals surface area contributed by atoms with Gasteiger partial charge in [-0.25, -0.2) is 4.79 Å². The van der Waals surface area contributed by atoms with Crippen molar-refractivity contribution in [2.24, 2.45) is 5.41 Å². The second kappa shape index (κ2) is 6.42. The molecule has 1 heterocycles. The summed E-state index contributed by atoms with van der Waals surface area (Å²) in [7, 11) is 0. The summed E-state index contributed by atoms with van der Waals surface area (Å²) >= 11 is 0. The molecule has 0 aliphatic carbocycles. The summed E-state index contributed by atoms with van der Waals surface area (Å²) in [6.45, 7) is 5.66. The molecule has 0 bridgehead atoms. The maximum atomic E-state index is 13.0. The number of carbonyl (C=O) groups is 2. The van der Waals surface area contributed by atoms with Gasteiger partial charge in [-0.1, -0.05) is 20.8 Å². The van der Waals surface area contributed by atoms with Gasteiger partial charge in [-0.2, -0.15) is 13.2 Å². The molecule has 0 aromatic heterocycles. The number of hydrogen-bond donors (Lipinski definition) is 1. The molecule has 8 heteroatoms. The fourth-order valence-electron chi connectivity index (χ4n) is 2.35. The standard InChI is InChI=1S/C17H17F3O5/c1-16(2,3)8-11(21)9-4-5-12-10(6-9)7-13(25-15(22)23)14(24-12)17(18,19)20/h4-7,14H,8H2,1-3H3,(H,22,23). The molecule has 1 N–H and O–H groups in total. The Morgan fingerprint density at radius 2 is 1.88 bits per heavy atom. The number of carbonyl (C=O) groups excluding carboxylic acids is 1. The minimum atomic E-state index is -4.85. The van der Waals surface area contributed by atoms with E-state index in [1.54, 1.807) is 0 Å². The van der Waals surface area contributed by atoms with Gasteiger partial charge in [0.1, 0.15) is 5.75 Å². The molecule has 1 aliphatic heterocycles. The molecule has 5 nitrogen and oxygen atoms in total. The Labute approximate surface area is 142 Å². The second-order valence-corrected chi connectivity index (χ2v) is 6.87. The smallest absolute Gasteiger partial charge is 0.472 e. The maximum Gasteiger partial charge on any atom is 0.511 e. The van der Waals surface area contributed by atoms with Crippen molar-refractivity contribution in [3.8, 4) is 5.75 Å². The number of alkyl halides is 3. The first kappa shape index (κ1) is 18.8. The number of hydrogen-bond acceptors (Lipinski definition) is 4. The highest BCUT2D eigenvalue weighted by molar-refractivity contribution is 5.97. The van der Waals surface area contributed by atoms with Gasteiger partial charge < -0.3 is 14.6 Å². The van der Waals surface area contributed by atoms with E-state index in [9.17, 15) is 22.8 Å². The number of rotatable bonds is 3. The molecule has 25 heavy (non-hydrogen) atoms. The molecule has 1 aliphatic rings. The second-order valence-electron chi connectivity index (χ2n) is 6.87. The Morgan fingerprint density at radius 1 is 1.24 bits per heavy atom. The highest BCUT2D eigenvalue weighted by Gasteiger charge is 2.48. The number of carboxylic acid groups (broad SMARTS) is 1. The van der Waals surface area contributed by atoms with Crippen molar-refractivity contribution in [1.29, 1.82) is 0 Å². The maximum absolute atomic E-state index is 13.0. The zero-order valence-electron chi connectivity index (χ0n) is 13.8. The molecule has 0 spiro atoms. The van der Waals surface area contributed by atoms with Gasteiger partial charge in [0.2, 0.25) is 0 Å². The highest BCUT2D eigenvalue weighted by atomic mass is 19.4. The summed E-state index contributed by atoms with van der Waals surface area (Å²) in [4.78, 5) is 22.9. The molecule has 0 amide bonds. The first-order chi connectivity index (χ1) is 11.4. The SMILES string of the molecule is CC(C)(C)CC(=O)c1ccc2c(c1)C=C(OC(=O)O)C(C(F)(F)F)O2. The van der Waals surface area contributed by atoms with Crippen LogP contribution in [-0.4, -0.2) is 29.3 Å². The van der Waals surface area contributed by atoms with Crippen LogP contribution in [0.4, 0.5) is 18.0 Å². The van der Waals surface area contributed by atoms with Crippen LogP contribution in [-0.2, 0) is 4.74 Å². The van der Waals surface area contributed by atoms with E-state index < -0.39 is 24.2 Å². The molecule has 0 saturated carbocycles. The largest absolute Gasteiger partial charge is 0.511 e. The minimum absolute atomic E-state index is 0.104. The van der Waals surface area contributed by atoms with Crippen LogP contribution < -0.4 is 4.74 Å². The normalized spacial score (nSPS) is 17.2. The van der Waals surface area contributed by atoms with Crippen molar-refractivity contribution in [2.75, 3.05) is 0 Å². The predicted molar refractivity (Wildman–Crippen MR) is 82.4 cm³/mol. The van der Waals surface area contributed by atoms with E-state index >= 15 is 0 Å². The Hall–Kier alpha value is -2.51. The molecule has 0 fully saturated rings. The molecule has 2 rings (SSSR count). The van der Waals surface area contributed by atoms with Crippen LogP contribution in [0.15, 0.2) is 24.0 Å². The van der Waals surface area contributed by atoms with Gasteiger partial charge in [-0.15, -0.1) is 0 Å². The zero-order chi connectivity index (χ0) is 19.0. The fraction of sp³-hybridized carbons (Fsp3) is 0.412. The summed E-state index contributed by atoms with van der Waals surface area (Å²) in [5, 5.41) is 8.63. The number of ether oxygens (including phenoxy) is 2. The van der Waals surface area contributed by atoms with Crippen molar-refractivity contribution in [1.82, 2.24) is 0 Å². The van der Waals surface area contributed by atoms with Crippen LogP contribution in [0.25, 0.3) is 6.08 Å². The Kier molecular flexibility index (Phi) is 4.83. The first-order valence-electron chi connectivity index (χ1n) is 7.40. The van der Waals surface area contributed by atoms with Crippen LogP contribution in [0.2, 0.25) is 0 Å². The van der Waals surface area contributed by atoms with Crippen LogP contribution >= 0.6 is 0 Å². The monoisotopic (exact) mass is 358 g/mol. The molecule has 136 valence electrons. The molecule has 1 aromatic rings. The molecule has 0 radical (unpaired) electrons. The van der Waals surface area contributed by atoms with Gasteiger partial charge in [0.05, 0.1) is 0 Å². The van der Waals surface area contributed by atoms with E-state index in [1.165, 1.54) is 18.2 Å². The van der Waals surface area contributed by atoms with Gasteiger partial charge in [-0.3, -0.25) is 4.79 Å². The lowest BCUT2D eigenvalue weighted by Crippen LogP contribution is -2.39. The van der Waals surface area contributed by atoms with E-state index in [-0.39, 0.29) is 28.9 Å². The average molecular weight is 358 g/mol. The van der Waals surface area contributed by atoms with Crippen molar-refractivity contribution < 1.29 is 37.3 Å². The van der Waals surface area contributed by atoms with Crippen LogP contribution in [0.1, 0.15) is 43.1 Å². The quantitative estimate of drug-likeness (QED) is 0.628. The van der Waals surface area contributed by atoms with Gasteiger partial charge >= 0.3 is 12.3 Å². The molecule has 1 aromatic carbocycles. The number of Topliss-reactive ketones (excluding diaryl/α,β-unsaturated/α-hetero) is 1. The molecular weight excluding hydrogens is 341 g/mol. The van der Waals surface area contributed by atoms with Crippen molar-refractivity contribution in [3.63, 3.8) is 0 Å². The van der Waals surface area contributed by atoms with Gasteiger partial charge in [-0.05, 0) is 29.7 Å². The third-order valence-corrected chi connectivity index (χ3v) is 3.33. The van der Waals surface area contributed by atoms with Gasteiger partial charge in [0.15, 0.2) is 11.5 Å². The van der Waals surface area contributed by atoms with E-state index in [0.29, 0.717) is 5.56 Å². The van der Waals surface area contributed by atoms with E-state index in [1.807, 2.05) is 20.8 Å². The minimum Gasteiger partial charge on any atom is -0.472 e. The summed E-state index contributed by atoms with van der Waals surface area (Å²) in [6, 6.07) is 4.01. The predicted octanol–water partition coefficient (Wildman–Crippen LogP) is 4.66. The number of ketones is 1. The lowest BCUT2D eigenvalue weighted by molar-refractivity contribution is -0.191. The number of fused-ring (bicyclic) bond motifs is 1. The average Bonchev–Trinajstić information content (AvgIpc) is 2.42. The van der Waals surface area contributed by atoms with Crippen LogP contribution in [0.3, 0.4) is 0 Å². The molecule has 0 saturated heterocycles. The van der Waals surface area contributed by atoms with E-state index in [0.717, 1.165) is 6.08 Å². The Morgan fingerprint density at radius 3 is 2.40 bits per heavy atom. The Bertz CT molecular complexity index is 729. The van der Waals surface area contributed by atoms with Crippen LogP contribution in [0, 0.1) is 5.41 Å². The van der Waals surface area contributed by atoms with E-state index in [2.05, 4.69) is 4.74 Å². The van der Waals surface area contributed by atoms with Crippen molar-refractivity contribution >= 4 is 18.0 Å². The van der Waals surface area contributed by atoms with Gasteiger partial charge in [0, 0.05) is 17.5 Å². The third-order valence-electron chi connectivity index (χ3n) is 3.33. The first-order valence-corrected chi connectivity index (χ1v) is 7.40. The van der Waals surface area contributed by atoms with Gasteiger partial charge in [0.25, 0.3) is 6.10 Å². The molecule has 1 unspecified atom stereocenters. The zero-order valence-corrected chi connectivity index (χ0v) is 13.8. The molecule has 1 atom stereocenters. The lowest BCUT2D eigenvalue weighted by atomic mass is 9.87. The van der Waals surface area contributed by atoms with E-state index in [4.69, 9.17) is 9.84 Å².